The Hall–Kier alpha value is -0.770. The summed E-state index contributed by atoms with van der Waals surface area (Å²) in [6, 6.07) is 0. The molecule has 0 radical (unpaired) electrons. The summed E-state index contributed by atoms with van der Waals surface area (Å²) in [6.45, 7) is 3.88. The number of hydrogen-bond acceptors (Lipinski definition) is 2. The maximum Gasteiger partial charge on any atom is 0.190 e. The summed E-state index contributed by atoms with van der Waals surface area (Å²) < 4.78 is 5.50. The number of hydrogen-bond donors (Lipinski definition) is 1. The molecule has 1 saturated heterocycles. The largest absolute Gasteiger partial charge is 0.378 e. The van der Waals surface area contributed by atoms with E-state index in [9.17, 15) is 0 Å². The maximum atomic E-state index is 5.71. The van der Waals surface area contributed by atoms with Gasteiger partial charge in [0.1, 0.15) is 0 Å². The highest BCUT2D eigenvalue weighted by Gasteiger charge is 2.18. The number of aliphatic imine (C=N–C) groups is 1. The Bertz CT molecular complexity index is 216. The summed E-state index contributed by atoms with van der Waals surface area (Å²) in [5, 5.41) is 0. The Morgan fingerprint density at radius 2 is 2.27 bits per heavy atom. The van der Waals surface area contributed by atoms with Crippen LogP contribution in [0.2, 0.25) is 0 Å². The number of guanidine groups is 1. The molecule has 0 aromatic rings. The molecule has 4 heteroatoms. The van der Waals surface area contributed by atoms with E-state index < -0.39 is 0 Å². The lowest BCUT2D eigenvalue weighted by molar-refractivity contribution is 0.00147. The van der Waals surface area contributed by atoms with Crippen LogP contribution in [-0.4, -0.2) is 44.2 Å². The van der Waals surface area contributed by atoms with Gasteiger partial charge in [0.25, 0.3) is 0 Å². The predicted octanol–water partition coefficient (Wildman–Crippen LogP) is 1.07. The third-order valence-corrected chi connectivity index (χ3v) is 2.86. The second kappa shape index (κ2) is 5.95. The molecule has 2 N–H and O–H groups in total. The molecule has 1 heterocycles. The average Bonchev–Trinajstić information content (AvgIpc) is 2.17. The molecule has 1 fully saturated rings. The van der Waals surface area contributed by atoms with Gasteiger partial charge in [0.15, 0.2) is 5.96 Å². The van der Waals surface area contributed by atoms with Crippen molar-refractivity contribution in [2.75, 3.05) is 27.2 Å². The lowest BCUT2D eigenvalue weighted by atomic mass is 9.93. The zero-order valence-electron chi connectivity index (χ0n) is 10.1. The molecule has 0 aromatic carbocycles. The van der Waals surface area contributed by atoms with Crippen molar-refractivity contribution in [2.24, 2.45) is 16.6 Å². The summed E-state index contributed by atoms with van der Waals surface area (Å²) >= 11 is 0. The average molecular weight is 213 g/mol. The molecule has 2 atom stereocenters. The van der Waals surface area contributed by atoms with Crippen molar-refractivity contribution in [1.29, 1.82) is 0 Å². The van der Waals surface area contributed by atoms with Crippen molar-refractivity contribution in [3.05, 3.63) is 0 Å². The van der Waals surface area contributed by atoms with E-state index >= 15 is 0 Å². The van der Waals surface area contributed by atoms with Crippen LogP contribution in [0.5, 0.6) is 0 Å². The van der Waals surface area contributed by atoms with E-state index in [4.69, 9.17) is 10.5 Å². The minimum absolute atomic E-state index is 0.416. The molecule has 15 heavy (non-hydrogen) atoms. The first kappa shape index (κ1) is 12.3. The van der Waals surface area contributed by atoms with Gasteiger partial charge in [0.05, 0.1) is 6.10 Å². The van der Waals surface area contributed by atoms with Crippen molar-refractivity contribution in [3.63, 3.8) is 0 Å². The first-order valence-corrected chi connectivity index (χ1v) is 5.68. The van der Waals surface area contributed by atoms with Gasteiger partial charge in [0, 0.05) is 27.2 Å². The zero-order chi connectivity index (χ0) is 11.3. The number of ether oxygens (including phenoxy) is 1. The van der Waals surface area contributed by atoms with Crippen LogP contribution in [-0.2, 0) is 4.74 Å². The Labute approximate surface area is 92.5 Å². The summed E-state index contributed by atoms with van der Waals surface area (Å²) in [7, 11) is 3.82. The standard InChI is InChI=1S/C11H23N3O/c1-9-8-10(5-7-15-9)4-6-13-11(12)14(2)3/h9-10H,4-8H2,1-3H3,(H2,12,13)/t9-,10-/m1/s1. The van der Waals surface area contributed by atoms with E-state index in [1.165, 1.54) is 6.42 Å². The van der Waals surface area contributed by atoms with Crippen LogP contribution in [0.4, 0.5) is 0 Å². The van der Waals surface area contributed by atoms with Gasteiger partial charge in [-0.15, -0.1) is 0 Å². The number of nitrogens with two attached hydrogens (primary N) is 1. The Kier molecular flexibility index (Phi) is 4.88. The number of rotatable bonds is 3. The van der Waals surface area contributed by atoms with E-state index in [-0.39, 0.29) is 0 Å². The topological polar surface area (TPSA) is 50.8 Å². The van der Waals surface area contributed by atoms with E-state index in [0.717, 1.165) is 31.9 Å². The molecular weight excluding hydrogens is 190 g/mol. The van der Waals surface area contributed by atoms with Gasteiger partial charge in [-0.25, -0.2) is 0 Å². The fourth-order valence-electron chi connectivity index (χ4n) is 1.86. The quantitative estimate of drug-likeness (QED) is 0.563. The van der Waals surface area contributed by atoms with Crippen LogP contribution in [0.15, 0.2) is 4.99 Å². The van der Waals surface area contributed by atoms with Gasteiger partial charge in [-0.05, 0) is 32.1 Å². The van der Waals surface area contributed by atoms with E-state index in [2.05, 4.69) is 11.9 Å². The first-order valence-electron chi connectivity index (χ1n) is 5.68. The summed E-state index contributed by atoms with van der Waals surface area (Å²) in [4.78, 5) is 6.16. The van der Waals surface area contributed by atoms with Crippen molar-refractivity contribution in [1.82, 2.24) is 4.90 Å². The molecule has 0 unspecified atom stereocenters. The monoisotopic (exact) mass is 213 g/mol. The fourth-order valence-corrected chi connectivity index (χ4v) is 1.86. The molecule has 0 bridgehead atoms. The molecule has 88 valence electrons. The van der Waals surface area contributed by atoms with Crippen LogP contribution < -0.4 is 5.73 Å². The minimum Gasteiger partial charge on any atom is -0.378 e. The lowest BCUT2D eigenvalue weighted by Gasteiger charge is -2.26. The Morgan fingerprint density at radius 1 is 1.53 bits per heavy atom. The smallest absolute Gasteiger partial charge is 0.190 e. The molecule has 0 aromatic heterocycles. The minimum atomic E-state index is 0.416. The van der Waals surface area contributed by atoms with Crippen molar-refractivity contribution in [2.45, 2.75) is 32.3 Å². The zero-order valence-corrected chi connectivity index (χ0v) is 10.1. The third kappa shape index (κ3) is 4.51. The van der Waals surface area contributed by atoms with Gasteiger partial charge in [-0.1, -0.05) is 0 Å². The van der Waals surface area contributed by atoms with Crippen molar-refractivity contribution < 1.29 is 4.74 Å². The third-order valence-electron chi connectivity index (χ3n) is 2.86. The molecule has 0 saturated carbocycles. The lowest BCUT2D eigenvalue weighted by Crippen LogP contribution is -2.30. The van der Waals surface area contributed by atoms with Crippen molar-refractivity contribution >= 4 is 5.96 Å². The van der Waals surface area contributed by atoms with Crippen LogP contribution in [0.25, 0.3) is 0 Å². The van der Waals surface area contributed by atoms with E-state index in [1.807, 2.05) is 19.0 Å². The highest BCUT2D eigenvalue weighted by atomic mass is 16.5. The second-order valence-corrected chi connectivity index (χ2v) is 4.49. The summed E-state index contributed by atoms with van der Waals surface area (Å²) in [6.07, 6.45) is 3.88. The molecular formula is C11H23N3O. The van der Waals surface area contributed by atoms with Crippen LogP contribution in [0.3, 0.4) is 0 Å². The number of nitrogens with zero attached hydrogens (tertiary/aromatic N) is 2. The van der Waals surface area contributed by atoms with Gasteiger partial charge in [0.2, 0.25) is 0 Å². The molecule has 1 aliphatic rings. The van der Waals surface area contributed by atoms with Gasteiger partial charge < -0.3 is 15.4 Å². The van der Waals surface area contributed by atoms with Gasteiger partial charge in [-0.2, -0.15) is 0 Å². The van der Waals surface area contributed by atoms with Crippen LogP contribution in [0.1, 0.15) is 26.2 Å². The van der Waals surface area contributed by atoms with E-state index in [1.54, 1.807) is 0 Å². The Balaban J connectivity index is 2.22. The Morgan fingerprint density at radius 3 is 2.87 bits per heavy atom. The highest BCUT2D eigenvalue weighted by molar-refractivity contribution is 5.77. The maximum absolute atomic E-state index is 5.71. The SMILES string of the molecule is C[C@@H]1C[C@H](CCN=C(N)N(C)C)CCO1. The molecule has 0 amide bonds. The molecule has 0 spiro atoms. The summed E-state index contributed by atoms with van der Waals surface area (Å²) in [5.74, 6) is 1.38. The van der Waals surface area contributed by atoms with Gasteiger partial charge in [-0.3, -0.25) is 4.99 Å². The van der Waals surface area contributed by atoms with Crippen molar-refractivity contribution in [3.8, 4) is 0 Å². The summed E-state index contributed by atoms with van der Waals surface area (Å²) in [5.41, 5.74) is 5.71. The van der Waals surface area contributed by atoms with E-state index in [0.29, 0.717) is 12.1 Å². The molecule has 1 rings (SSSR count). The first-order chi connectivity index (χ1) is 7.09. The van der Waals surface area contributed by atoms with Gasteiger partial charge >= 0.3 is 0 Å². The van der Waals surface area contributed by atoms with Crippen LogP contribution >= 0.6 is 0 Å². The molecule has 1 aliphatic heterocycles. The van der Waals surface area contributed by atoms with Crippen LogP contribution in [0, 0.1) is 5.92 Å². The second-order valence-electron chi connectivity index (χ2n) is 4.49. The predicted molar refractivity (Wildman–Crippen MR) is 62.9 cm³/mol. The molecule has 4 nitrogen and oxygen atoms in total. The normalized spacial score (nSPS) is 27.8. The fraction of sp³-hybridized carbons (Fsp3) is 0.909. The highest BCUT2D eigenvalue weighted by Crippen LogP contribution is 2.22. The molecule has 0 aliphatic carbocycles.